The van der Waals surface area contributed by atoms with Crippen LogP contribution in [0.1, 0.15) is 0 Å². The smallest absolute Gasteiger partial charge is 0.314 e. The minimum atomic E-state index is -0.744. The molecule has 6 heteroatoms. The number of anilines is 2. The molecule has 0 unspecified atom stereocenters. The van der Waals surface area contributed by atoms with Crippen molar-refractivity contribution in [2.45, 2.75) is 4.90 Å². The number of nitrogens with one attached hydrogen (secondary N) is 2. The van der Waals surface area contributed by atoms with Gasteiger partial charge in [0.05, 0.1) is 0 Å². The summed E-state index contributed by atoms with van der Waals surface area (Å²) in [6.07, 6.45) is 1.94. The Hall–Kier alpha value is -1.98. The Morgan fingerprint density at radius 3 is 2.10 bits per heavy atom. The fraction of sp³-hybridized carbons (Fsp3) is 0.0667. The van der Waals surface area contributed by atoms with Crippen molar-refractivity contribution in [3.8, 4) is 0 Å². The minimum absolute atomic E-state index is 0.473. The average molecular weight is 321 g/mol. The number of halogens is 1. The Morgan fingerprint density at radius 1 is 0.952 bits per heavy atom. The van der Waals surface area contributed by atoms with Gasteiger partial charge in [0.15, 0.2) is 0 Å². The largest absolute Gasteiger partial charge is 0.318 e. The SMILES string of the molecule is CSc1cccc(NC(=O)C(=O)Nc2cccc(Cl)c2)c1. The highest BCUT2D eigenvalue weighted by Crippen LogP contribution is 2.19. The molecule has 21 heavy (non-hydrogen) atoms. The number of thioether (sulfide) groups is 1. The lowest BCUT2D eigenvalue weighted by Gasteiger charge is -2.07. The predicted octanol–water partition coefficient (Wildman–Crippen LogP) is 3.64. The third-order valence-corrected chi connectivity index (χ3v) is 3.58. The lowest BCUT2D eigenvalue weighted by Crippen LogP contribution is -2.29. The molecular weight excluding hydrogens is 308 g/mol. The van der Waals surface area contributed by atoms with Gasteiger partial charge >= 0.3 is 11.8 Å². The Bertz CT molecular complexity index is 676. The maximum Gasteiger partial charge on any atom is 0.314 e. The van der Waals surface area contributed by atoms with Crippen LogP contribution >= 0.6 is 23.4 Å². The molecule has 0 heterocycles. The fourth-order valence-electron chi connectivity index (χ4n) is 1.64. The van der Waals surface area contributed by atoms with Crippen LogP contribution in [0, 0.1) is 0 Å². The lowest BCUT2D eigenvalue weighted by molar-refractivity contribution is -0.132. The van der Waals surface area contributed by atoms with E-state index < -0.39 is 11.8 Å². The molecular formula is C15H13ClN2O2S. The van der Waals surface area contributed by atoms with Gasteiger partial charge in [0.25, 0.3) is 0 Å². The Morgan fingerprint density at radius 2 is 1.52 bits per heavy atom. The van der Waals surface area contributed by atoms with Crippen molar-refractivity contribution < 1.29 is 9.59 Å². The van der Waals surface area contributed by atoms with E-state index in [9.17, 15) is 9.59 Å². The Balaban J connectivity index is 2.01. The van der Waals surface area contributed by atoms with Gasteiger partial charge in [-0.1, -0.05) is 23.7 Å². The standard InChI is InChI=1S/C15H13ClN2O2S/c1-21-13-7-3-6-12(9-13)18-15(20)14(19)17-11-5-2-4-10(16)8-11/h2-9H,1H3,(H,17,19)(H,18,20). The van der Waals surface area contributed by atoms with Gasteiger partial charge in [-0.2, -0.15) is 0 Å². The van der Waals surface area contributed by atoms with Crippen molar-refractivity contribution in [3.05, 3.63) is 53.6 Å². The summed E-state index contributed by atoms with van der Waals surface area (Å²) in [5.74, 6) is -1.47. The summed E-state index contributed by atoms with van der Waals surface area (Å²) in [5.41, 5.74) is 1.05. The van der Waals surface area contributed by atoms with E-state index in [1.54, 1.807) is 48.2 Å². The molecule has 0 radical (unpaired) electrons. The van der Waals surface area contributed by atoms with E-state index >= 15 is 0 Å². The zero-order valence-corrected chi connectivity index (χ0v) is 12.8. The van der Waals surface area contributed by atoms with Crippen molar-refractivity contribution in [1.82, 2.24) is 0 Å². The molecule has 0 aliphatic carbocycles. The molecule has 0 atom stereocenters. The maximum absolute atomic E-state index is 11.8. The van der Waals surface area contributed by atoms with Crippen LogP contribution in [0.4, 0.5) is 11.4 Å². The molecule has 0 saturated heterocycles. The summed E-state index contributed by atoms with van der Waals surface area (Å²) in [7, 11) is 0. The zero-order valence-electron chi connectivity index (χ0n) is 11.2. The highest BCUT2D eigenvalue weighted by molar-refractivity contribution is 7.98. The van der Waals surface area contributed by atoms with Crippen molar-refractivity contribution in [3.63, 3.8) is 0 Å². The van der Waals surface area contributed by atoms with Crippen LogP contribution in [0.2, 0.25) is 5.02 Å². The van der Waals surface area contributed by atoms with Gasteiger partial charge in [-0.05, 0) is 42.7 Å². The molecule has 0 aliphatic rings. The molecule has 2 aromatic rings. The van der Waals surface area contributed by atoms with Gasteiger partial charge in [-0.3, -0.25) is 9.59 Å². The van der Waals surface area contributed by atoms with Crippen LogP contribution in [-0.2, 0) is 9.59 Å². The molecule has 0 bridgehead atoms. The minimum Gasteiger partial charge on any atom is -0.318 e. The molecule has 2 rings (SSSR count). The predicted molar refractivity (Wildman–Crippen MR) is 86.9 cm³/mol. The molecule has 0 fully saturated rings. The van der Waals surface area contributed by atoms with E-state index in [4.69, 9.17) is 11.6 Å². The van der Waals surface area contributed by atoms with Gasteiger partial charge in [0.1, 0.15) is 0 Å². The van der Waals surface area contributed by atoms with Crippen molar-refractivity contribution in [1.29, 1.82) is 0 Å². The summed E-state index contributed by atoms with van der Waals surface area (Å²) in [4.78, 5) is 24.7. The van der Waals surface area contributed by atoms with E-state index in [0.29, 0.717) is 16.4 Å². The molecule has 4 nitrogen and oxygen atoms in total. The number of amides is 2. The number of benzene rings is 2. The summed E-state index contributed by atoms with van der Waals surface area (Å²) in [6.45, 7) is 0. The van der Waals surface area contributed by atoms with Gasteiger partial charge in [0, 0.05) is 21.3 Å². The fourth-order valence-corrected chi connectivity index (χ4v) is 2.29. The summed E-state index contributed by atoms with van der Waals surface area (Å²) >= 11 is 7.37. The first kappa shape index (κ1) is 15.4. The highest BCUT2D eigenvalue weighted by atomic mass is 35.5. The van der Waals surface area contributed by atoms with E-state index in [2.05, 4.69) is 10.6 Å². The zero-order chi connectivity index (χ0) is 15.2. The van der Waals surface area contributed by atoms with Crippen LogP contribution in [0.5, 0.6) is 0 Å². The molecule has 2 aromatic carbocycles. The second kappa shape index (κ2) is 7.15. The van der Waals surface area contributed by atoms with E-state index in [0.717, 1.165) is 4.90 Å². The van der Waals surface area contributed by atoms with Crippen LogP contribution in [-0.4, -0.2) is 18.1 Å². The molecule has 2 amide bonds. The lowest BCUT2D eigenvalue weighted by atomic mass is 10.3. The van der Waals surface area contributed by atoms with Gasteiger partial charge in [0.2, 0.25) is 0 Å². The van der Waals surface area contributed by atoms with Gasteiger partial charge in [-0.15, -0.1) is 11.8 Å². The first-order valence-corrected chi connectivity index (χ1v) is 7.71. The van der Waals surface area contributed by atoms with Crippen molar-refractivity contribution in [2.75, 3.05) is 16.9 Å². The monoisotopic (exact) mass is 320 g/mol. The van der Waals surface area contributed by atoms with Gasteiger partial charge < -0.3 is 10.6 Å². The van der Waals surface area contributed by atoms with Crippen LogP contribution in [0.15, 0.2) is 53.4 Å². The number of carbonyl (C=O) groups is 2. The number of hydrogen-bond donors (Lipinski definition) is 2. The molecule has 0 spiro atoms. The van der Waals surface area contributed by atoms with Gasteiger partial charge in [-0.25, -0.2) is 0 Å². The summed E-state index contributed by atoms with van der Waals surface area (Å²) < 4.78 is 0. The third-order valence-electron chi connectivity index (χ3n) is 2.62. The summed E-state index contributed by atoms with van der Waals surface area (Å²) in [5, 5.41) is 5.53. The molecule has 0 saturated carbocycles. The first-order chi connectivity index (χ1) is 10.1. The van der Waals surface area contributed by atoms with E-state index in [-0.39, 0.29) is 0 Å². The van der Waals surface area contributed by atoms with E-state index in [1.165, 1.54) is 0 Å². The Labute approximate surface area is 131 Å². The number of carbonyl (C=O) groups excluding carboxylic acids is 2. The number of rotatable bonds is 3. The molecule has 0 aliphatic heterocycles. The first-order valence-electron chi connectivity index (χ1n) is 6.10. The van der Waals surface area contributed by atoms with Crippen molar-refractivity contribution >= 4 is 46.6 Å². The van der Waals surface area contributed by atoms with Crippen LogP contribution in [0.3, 0.4) is 0 Å². The summed E-state index contributed by atoms with van der Waals surface area (Å²) in [6, 6.07) is 13.9. The normalized spacial score (nSPS) is 10.0. The van der Waals surface area contributed by atoms with E-state index in [1.807, 2.05) is 18.4 Å². The highest BCUT2D eigenvalue weighted by Gasteiger charge is 2.14. The molecule has 108 valence electrons. The third kappa shape index (κ3) is 4.51. The quantitative estimate of drug-likeness (QED) is 0.670. The molecule has 0 aromatic heterocycles. The maximum atomic E-state index is 11.8. The topological polar surface area (TPSA) is 58.2 Å². The second-order valence-corrected chi connectivity index (χ2v) is 5.47. The number of hydrogen-bond acceptors (Lipinski definition) is 3. The molecule has 2 N–H and O–H groups in total. The van der Waals surface area contributed by atoms with Crippen molar-refractivity contribution in [2.24, 2.45) is 0 Å². The van der Waals surface area contributed by atoms with Crippen LogP contribution < -0.4 is 10.6 Å². The Kier molecular flexibility index (Phi) is 5.25. The average Bonchev–Trinajstić information content (AvgIpc) is 2.47. The second-order valence-electron chi connectivity index (χ2n) is 4.15. The van der Waals surface area contributed by atoms with Crippen LogP contribution in [0.25, 0.3) is 0 Å².